The first-order chi connectivity index (χ1) is 5.61. The standard InChI is InChI=1S/C9H19NO2/c1-9(6-11,7-12)5-10(2)8-3-4-8/h8,11-12H,3-7H2,1-2H3. The second kappa shape index (κ2) is 3.73. The van der Waals surface area contributed by atoms with E-state index in [0.29, 0.717) is 6.04 Å². The molecule has 72 valence electrons. The van der Waals surface area contributed by atoms with Gasteiger partial charge in [-0.2, -0.15) is 0 Å². The number of aliphatic hydroxyl groups excluding tert-OH is 2. The molecular formula is C9H19NO2. The van der Waals surface area contributed by atoms with Gasteiger partial charge >= 0.3 is 0 Å². The van der Waals surface area contributed by atoms with Gasteiger partial charge in [0.2, 0.25) is 0 Å². The van der Waals surface area contributed by atoms with Gasteiger partial charge in [-0.25, -0.2) is 0 Å². The summed E-state index contributed by atoms with van der Waals surface area (Å²) in [6, 6.07) is 0.697. The topological polar surface area (TPSA) is 43.7 Å². The Balaban J connectivity index is 2.34. The molecule has 1 aliphatic rings. The fourth-order valence-electron chi connectivity index (χ4n) is 1.40. The van der Waals surface area contributed by atoms with Gasteiger partial charge in [-0.3, -0.25) is 0 Å². The van der Waals surface area contributed by atoms with E-state index in [0.717, 1.165) is 6.54 Å². The van der Waals surface area contributed by atoms with E-state index in [4.69, 9.17) is 10.2 Å². The average molecular weight is 173 g/mol. The van der Waals surface area contributed by atoms with E-state index in [-0.39, 0.29) is 18.6 Å². The zero-order valence-electron chi connectivity index (χ0n) is 7.95. The molecule has 0 heterocycles. The fourth-order valence-corrected chi connectivity index (χ4v) is 1.40. The van der Waals surface area contributed by atoms with E-state index >= 15 is 0 Å². The van der Waals surface area contributed by atoms with Crippen molar-refractivity contribution in [3.05, 3.63) is 0 Å². The summed E-state index contributed by atoms with van der Waals surface area (Å²) in [6.45, 7) is 2.80. The molecule has 1 saturated carbocycles. The van der Waals surface area contributed by atoms with Crippen LogP contribution in [0.3, 0.4) is 0 Å². The van der Waals surface area contributed by atoms with Crippen molar-refractivity contribution in [3.8, 4) is 0 Å². The van der Waals surface area contributed by atoms with E-state index in [2.05, 4.69) is 11.9 Å². The van der Waals surface area contributed by atoms with Crippen LogP contribution in [0.4, 0.5) is 0 Å². The lowest BCUT2D eigenvalue weighted by molar-refractivity contribution is 0.0401. The third kappa shape index (κ3) is 2.44. The minimum atomic E-state index is -0.336. The monoisotopic (exact) mass is 173 g/mol. The Bertz CT molecular complexity index is 141. The predicted octanol–water partition coefficient (Wildman–Crippen LogP) is 0.0715. The Morgan fingerprint density at radius 3 is 2.17 bits per heavy atom. The quantitative estimate of drug-likeness (QED) is 0.618. The summed E-state index contributed by atoms with van der Waals surface area (Å²) < 4.78 is 0. The van der Waals surface area contributed by atoms with Crippen LogP contribution in [0.1, 0.15) is 19.8 Å². The van der Waals surface area contributed by atoms with Crippen LogP contribution in [-0.4, -0.2) is 48.0 Å². The van der Waals surface area contributed by atoms with Crippen LogP contribution in [0.15, 0.2) is 0 Å². The first-order valence-corrected chi connectivity index (χ1v) is 4.53. The molecule has 0 saturated heterocycles. The minimum Gasteiger partial charge on any atom is -0.396 e. The molecule has 3 nitrogen and oxygen atoms in total. The number of hydrogen-bond donors (Lipinski definition) is 2. The van der Waals surface area contributed by atoms with Crippen LogP contribution >= 0.6 is 0 Å². The molecule has 0 unspecified atom stereocenters. The summed E-state index contributed by atoms with van der Waals surface area (Å²) in [6.07, 6.45) is 2.53. The summed E-state index contributed by atoms with van der Waals surface area (Å²) in [7, 11) is 2.06. The van der Waals surface area contributed by atoms with Gasteiger partial charge in [0.25, 0.3) is 0 Å². The third-order valence-corrected chi connectivity index (χ3v) is 2.56. The van der Waals surface area contributed by atoms with E-state index in [1.54, 1.807) is 0 Å². The number of aliphatic hydroxyl groups is 2. The van der Waals surface area contributed by atoms with Crippen LogP contribution in [-0.2, 0) is 0 Å². The molecule has 2 N–H and O–H groups in total. The van der Waals surface area contributed by atoms with E-state index in [1.807, 2.05) is 6.92 Å². The van der Waals surface area contributed by atoms with Crippen molar-refractivity contribution in [2.45, 2.75) is 25.8 Å². The van der Waals surface area contributed by atoms with Gasteiger partial charge in [0.1, 0.15) is 0 Å². The molecule has 0 atom stereocenters. The van der Waals surface area contributed by atoms with Crippen LogP contribution in [0.25, 0.3) is 0 Å². The fraction of sp³-hybridized carbons (Fsp3) is 1.00. The van der Waals surface area contributed by atoms with Crippen molar-refractivity contribution in [2.24, 2.45) is 5.41 Å². The SMILES string of the molecule is CN(CC(C)(CO)CO)C1CC1. The maximum absolute atomic E-state index is 9.05. The van der Waals surface area contributed by atoms with Crippen LogP contribution in [0, 0.1) is 5.41 Å². The van der Waals surface area contributed by atoms with E-state index in [9.17, 15) is 0 Å². The average Bonchev–Trinajstić information content (AvgIpc) is 2.86. The van der Waals surface area contributed by atoms with Gasteiger partial charge in [0.05, 0.1) is 13.2 Å². The molecule has 3 heteroatoms. The first kappa shape index (κ1) is 9.96. The summed E-state index contributed by atoms with van der Waals surface area (Å²) in [5, 5.41) is 18.1. The Morgan fingerprint density at radius 2 is 1.83 bits per heavy atom. The lowest BCUT2D eigenvalue weighted by Crippen LogP contribution is -2.39. The number of nitrogens with zero attached hydrogens (tertiary/aromatic N) is 1. The highest BCUT2D eigenvalue weighted by molar-refractivity contribution is 4.86. The molecule has 0 aromatic rings. The normalized spacial score (nSPS) is 18.8. The molecule has 0 bridgehead atoms. The molecule has 0 radical (unpaired) electrons. The second-order valence-electron chi connectivity index (χ2n) is 4.27. The molecule has 1 fully saturated rings. The Labute approximate surface area is 74.0 Å². The van der Waals surface area contributed by atoms with E-state index in [1.165, 1.54) is 12.8 Å². The highest BCUT2D eigenvalue weighted by atomic mass is 16.3. The van der Waals surface area contributed by atoms with Crippen molar-refractivity contribution in [2.75, 3.05) is 26.8 Å². The summed E-state index contributed by atoms with van der Waals surface area (Å²) in [5.41, 5.74) is -0.336. The minimum absolute atomic E-state index is 0.0561. The third-order valence-electron chi connectivity index (χ3n) is 2.56. The van der Waals surface area contributed by atoms with E-state index < -0.39 is 0 Å². The Morgan fingerprint density at radius 1 is 1.33 bits per heavy atom. The maximum atomic E-state index is 9.05. The Hall–Kier alpha value is -0.120. The van der Waals surface area contributed by atoms with Gasteiger partial charge in [-0.15, -0.1) is 0 Å². The van der Waals surface area contributed by atoms with Crippen molar-refractivity contribution in [1.82, 2.24) is 4.90 Å². The van der Waals surface area contributed by atoms with Crippen molar-refractivity contribution >= 4 is 0 Å². The molecular weight excluding hydrogens is 154 g/mol. The first-order valence-electron chi connectivity index (χ1n) is 4.53. The van der Waals surface area contributed by atoms with Crippen molar-refractivity contribution in [3.63, 3.8) is 0 Å². The number of hydrogen-bond acceptors (Lipinski definition) is 3. The van der Waals surface area contributed by atoms with Crippen molar-refractivity contribution < 1.29 is 10.2 Å². The highest BCUT2D eigenvalue weighted by Gasteiger charge is 2.32. The molecule has 12 heavy (non-hydrogen) atoms. The summed E-state index contributed by atoms with van der Waals surface area (Å²) in [4.78, 5) is 2.23. The van der Waals surface area contributed by atoms with Gasteiger partial charge in [0.15, 0.2) is 0 Å². The zero-order chi connectivity index (χ0) is 9.19. The Kier molecular flexibility index (Phi) is 3.09. The molecule has 0 aromatic heterocycles. The lowest BCUT2D eigenvalue weighted by Gasteiger charge is -2.30. The molecule has 0 aromatic carbocycles. The molecule has 0 aliphatic heterocycles. The molecule has 0 amide bonds. The molecule has 1 rings (SSSR count). The smallest absolute Gasteiger partial charge is 0.0519 e. The largest absolute Gasteiger partial charge is 0.396 e. The zero-order valence-corrected chi connectivity index (χ0v) is 7.95. The van der Waals surface area contributed by atoms with Crippen LogP contribution in [0.2, 0.25) is 0 Å². The second-order valence-corrected chi connectivity index (χ2v) is 4.27. The molecule has 0 spiro atoms. The number of rotatable bonds is 5. The lowest BCUT2D eigenvalue weighted by atomic mass is 9.92. The van der Waals surface area contributed by atoms with Crippen LogP contribution in [0.5, 0.6) is 0 Å². The summed E-state index contributed by atoms with van der Waals surface area (Å²) >= 11 is 0. The van der Waals surface area contributed by atoms with Crippen molar-refractivity contribution in [1.29, 1.82) is 0 Å². The maximum Gasteiger partial charge on any atom is 0.0519 e. The van der Waals surface area contributed by atoms with Gasteiger partial charge in [0, 0.05) is 18.0 Å². The predicted molar refractivity (Wildman–Crippen MR) is 47.9 cm³/mol. The van der Waals surface area contributed by atoms with Gasteiger partial charge < -0.3 is 15.1 Å². The molecule has 1 aliphatic carbocycles. The van der Waals surface area contributed by atoms with Crippen LogP contribution < -0.4 is 0 Å². The highest BCUT2D eigenvalue weighted by Crippen LogP contribution is 2.28. The van der Waals surface area contributed by atoms with Gasteiger partial charge in [-0.05, 0) is 19.9 Å². The van der Waals surface area contributed by atoms with Gasteiger partial charge in [-0.1, -0.05) is 6.92 Å². The summed E-state index contributed by atoms with van der Waals surface area (Å²) in [5.74, 6) is 0.